The van der Waals surface area contributed by atoms with Gasteiger partial charge in [-0.25, -0.2) is 9.79 Å². The molecule has 1 rings (SSSR count). The Morgan fingerprint density at radius 1 is 1.69 bits per heavy atom. The predicted octanol–water partition coefficient (Wildman–Crippen LogP) is 1.20. The molecule has 13 heavy (non-hydrogen) atoms. The Kier molecular flexibility index (Phi) is 4.34. The summed E-state index contributed by atoms with van der Waals surface area (Å²) >= 11 is 0. The second kappa shape index (κ2) is 4.77. The molecule has 1 aliphatic rings. The van der Waals surface area contributed by atoms with Gasteiger partial charge < -0.3 is 5.11 Å². The zero-order chi connectivity index (χ0) is 9.14. The molecule has 5 heteroatoms. The van der Waals surface area contributed by atoms with Crippen LogP contribution in [0.1, 0.15) is 19.8 Å². The SMILES string of the molecule is CCC1=NC(C(=O)O)=CCC1=O.Cl. The molecule has 0 amide bonds. The fraction of sp³-hybridized carbons (Fsp3) is 0.375. The zero-order valence-electron chi connectivity index (χ0n) is 7.11. The summed E-state index contributed by atoms with van der Waals surface area (Å²) in [6.07, 6.45) is 1.99. The summed E-state index contributed by atoms with van der Waals surface area (Å²) in [7, 11) is 0. The second-order valence-corrected chi connectivity index (χ2v) is 2.43. The number of aliphatic imine (C=N–C) groups is 1. The van der Waals surface area contributed by atoms with E-state index in [1.165, 1.54) is 6.08 Å². The van der Waals surface area contributed by atoms with Gasteiger partial charge in [0.2, 0.25) is 0 Å². The van der Waals surface area contributed by atoms with E-state index < -0.39 is 5.97 Å². The number of carboxylic acids is 1. The van der Waals surface area contributed by atoms with Crippen LogP contribution in [0.25, 0.3) is 0 Å². The molecular weight excluding hydrogens is 194 g/mol. The Balaban J connectivity index is 0.00000144. The molecular formula is C8H10ClNO3. The highest BCUT2D eigenvalue weighted by Gasteiger charge is 2.17. The molecule has 0 saturated carbocycles. The van der Waals surface area contributed by atoms with Gasteiger partial charge in [0.25, 0.3) is 0 Å². The smallest absolute Gasteiger partial charge is 0.354 e. The molecule has 72 valence electrons. The van der Waals surface area contributed by atoms with Crippen LogP contribution in [0.5, 0.6) is 0 Å². The number of allylic oxidation sites excluding steroid dienone is 1. The van der Waals surface area contributed by atoms with E-state index in [4.69, 9.17) is 5.11 Å². The Morgan fingerprint density at radius 2 is 2.31 bits per heavy atom. The first-order valence-electron chi connectivity index (χ1n) is 3.69. The number of Topliss-reactive ketones (excluding diaryl/α,β-unsaturated/α-hetero) is 1. The number of carbonyl (C=O) groups excluding carboxylic acids is 1. The monoisotopic (exact) mass is 203 g/mol. The van der Waals surface area contributed by atoms with Crippen molar-refractivity contribution in [1.29, 1.82) is 0 Å². The third kappa shape index (κ3) is 2.66. The Bertz CT molecular complexity index is 294. The van der Waals surface area contributed by atoms with Crippen molar-refractivity contribution in [2.45, 2.75) is 19.8 Å². The molecule has 1 heterocycles. The van der Waals surface area contributed by atoms with Crippen molar-refractivity contribution in [1.82, 2.24) is 0 Å². The molecule has 0 aromatic rings. The van der Waals surface area contributed by atoms with Crippen molar-refractivity contribution in [3.8, 4) is 0 Å². The number of rotatable bonds is 2. The van der Waals surface area contributed by atoms with Gasteiger partial charge >= 0.3 is 5.97 Å². The van der Waals surface area contributed by atoms with Gasteiger partial charge in [0.05, 0.1) is 5.71 Å². The summed E-state index contributed by atoms with van der Waals surface area (Å²) in [5.41, 5.74) is 0.335. The van der Waals surface area contributed by atoms with Gasteiger partial charge in [0.1, 0.15) is 5.70 Å². The topological polar surface area (TPSA) is 66.7 Å². The van der Waals surface area contributed by atoms with Crippen molar-refractivity contribution in [3.63, 3.8) is 0 Å². The highest BCUT2D eigenvalue weighted by atomic mass is 35.5. The molecule has 1 N–H and O–H groups in total. The number of carbonyl (C=O) groups is 2. The van der Waals surface area contributed by atoms with Crippen molar-refractivity contribution in [2.75, 3.05) is 0 Å². The molecule has 4 nitrogen and oxygen atoms in total. The van der Waals surface area contributed by atoms with Crippen LogP contribution in [0.15, 0.2) is 16.8 Å². The van der Waals surface area contributed by atoms with Crippen molar-refractivity contribution >= 4 is 29.9 Å². The molecule has 0 aromatic heterocycles. The van der Waals surface area contributed by atoms with E-state index >= 15 is 0 Å². The third-order valence-corrected chi connectivity index (χ3v) is 1.61. The normalized spacial score (nSPS) is 15.6. The van der Waals surface area contributed by atoms with E-state index in [9.17, 15) is 9.59 Å². The van der Waals surface area contributed by atoms with Gasteiger partial charge in [-0.2, -0.15) is 0 Å². The molecule has 0 fully saturated rings. The number of nitrogens with zero attached hydrogens (tertiary/aromatic N) is 1. The first-order valence-corrected chi connectivity index (χ1v) is 3.69. The number of carboxylic acid groups (broad SMARTS) is 1. The van der Waals surface area contributed by atoms with Crippen LogP contribution in [0, 0.1) is 0 Å². The molecule has 0 bridgehead atoms. The number of halogens is 1. The minimum Gasteiger partial charge on any atom is -0.477 e. The lowest BCUT2D eigenvalue weighted by atomic mass is 10.1. The highest BCUT2D eigenvalue weighted by molar-refractivity contribution is 6.41. The molecule has 0 radical (unpaired) electrons. The van der Waals surface area contributed by atoms with Crippen molar-refractivity contribution in [3.05, 3.63) is 11.8 Å². The van der Waals surface area contributed by atoms with Gasteiger partial charge in [0.15, 0.2) is 5.78 Å². The van der Waals surface area contributed by atoms with E-state index in [-0.39, 0.29) is 30.3 Å². The first kappa shape index (κ1) is 11.8. The zero-order valence-corrected chi connectivity index (χ0v) is 7.93. The first-order chi connectivity index (χ1) is 5.65. The minimum atomic E-state index is -1.08. The average molecular weight is 204 g/mol. The van der Waals surface area contributed by atoms with E-state index in [1.54, 1.807) is 6.92 Å². The largest absolute Gasteiger partial charge is 0.477 e. The predicted molar refractivity (Wildman–Crippen MR) is 50.3 cm³/mol. The average Bonchev–Trinajstić information content (AvgIpc) is 2.05. The lowest BCUT2D eigenvalue weighted by Gasteiger charge is -2.06. The fourth-order valence-electron chi connectivity index (χ4n) is 0.972. The molecule has 0 aliphatic carbocycles. The molecule has 0 unspecified atom stereocenters. The van der Waals surface area contributed by atoms with Gasteiger partial charge in [-0.3, -0.25) is 4.79 Å². The van der Waals surface area contributed by atoms with Crippen LogP contribution in [0.4, 0.5) is 0 Å². The molecule has 0 atom stereocenters. The Hall–Kier alpha value is -1.16. The van der Waals surface area contributed by atoms with Gasteiger partial charge in [-0.15, -0.1) is 12.4 Å². The maximum atomic E-state index is 11.0. The highest BCUT2D eigenvalue weighted by Crippen LogP contribution is 2.09. The van der Waals surface area contributed by atoms with Gasteiger partial charge in [0, 0.05) is 6.42 Å². The maximum absolute atomic E-state index is 11.0. The van der Waals surface area contributed by atoms with E-state index in [2.05, 4.69) is 4.99 Å². The van der Waals surface area contributed by atoms with E-state index in [1.807, 2.05) is 0 Å². The van der Waals surface area contributed by atoms with E-state index in [0.29, 0.717) is 12.1 Å². The van der Waals surface area contributed by atoms with Crippen LogP contribution < -0.4 is 0 Å². The summed E-state index contributed by atoms with van der Waals surface area (Å²) in [6.45, 7) is 1.78. The summed E-state index contributed by atoms with van der Waals surface area (Å²) in [6, 6.07) is 0. The molecule has 0 saturated heterocycles. The number of ketones is 1. The van der Waals surface area contributed by atoms with E-state index in [0.717, 1.165) is 0 Å². The minimum absolute atomic E-state index is 0. The van der Waals surface area contributed by atoms with Crippen LogP contribution in [0.2, 0.25) is 0 Å². The van der Waals surface area contributed by atoms with Crippen LogP contribution >= 0.6 is 12.4 Å². The molecule has 0 spiro atoms. The number of hydrogen-bond acceptors (Lipinski definition) is 3. The quantitative estimate of drug-likeness (QED) is 0.733. The third-order valence-electron chi connectivity index (χ3n) is 1.61. The lowest BCUT2D eigenvalue weighted by Crippen LogP contribution is -2.18. The molecule has 0 aromatic carbocycles. The Labute approximate surface area is 81.8 Å². The summed E-state index contributed by atoms with van der Waals surface area (Å²) in [5.74, 6) is -1.16. The van der Waals surface area contributed by atoms with Crippen LogP contribution in [-0.2, 0) is 9.59 Å². The van der Waals surface area contributed by atoms with Crippen LogP contribution in [-0.4, -0.2) is 22.6 Å². The summed E-state index contributed by atoms with van der Waals surface area (Å²) < 4.78 is 0. The fourth-order valence-corrected chi connectivity index (χ4v) is 0.972. The maximum Gasteiger partial charge on any atom is 0.354 e. The Morgan fingerprint density at radius 3 is 2.77 bits per heavy atom. The van der Waals surface area contributed by atoms with Crippen molar-refractivity contribution in [2.24, 2.45) is 4.99 Å². The lowest BCUT2D eigenvalue weighted by molar-refractivity contribution is -0.132. The second-order valence-electron chi connectivity index (χ2n) is 2.43. The summed E-state index contributed by atoms with van der Waals surface area (Å²) in [4.78, 5) is 25.2. The standard InChI is InChI=1S/C8H9NO3.ClH/c1-2-5-7(10)4-3-6(9-5)8(11)12;/h3H,2,4H2,1H3,(H,11,12);1H. The van der Waals surface area contributed by atoms with Crippen molar-refractivity contribution < 1.29 is 14.7 Å². The number of hydrogen-bond donors (Lipinski definition) is 1. The molecule has 1 aliphatic heterocycles. The number of aliphatic carboxylic acids is 1. The van der Waals surface area contributed by atoms with Gasteiger partial charge in [-0.05, 0) is 12.5 Å². The van der Waals surface area contributed by atoms with Crippen LogP contribution in [0.3, 0.4) is 0 Å². The van der Waals surface area contributed by atoms with Gasteiger partial charge in [-0.1, -0.05) is 6.92 Å². The summed E-state index contributed by atoms with van der Waals surface area (Å²) in [5, 5.41) is 8.55.